The number of aryl methyl sites for hydroxylation is 4. The molecule has 2 heterocycles. The van der Waals surface area contributed by atoms with Crippen LogP contribution in [-0.4, -0.2) is 33.1 Å². The molecule has 0 N–H and O–H groups in total. The molecule has 3 aromatic rings. The number of aldehydes is 1. The molecule has 0 radical (unpaired) electrons. The van der Waals surface area contributed by atoms with Crippen molar-refractivity contribution in [2.75, 3.05) is 6.61 Å². The number of tetrazole rings is 1. The number of ether oxygens (including phenoxy) is 1. The predicted octanol–water partition coefficient (Wildman–Crippen LogP) is 3.69. The van der Waals surface area contributed by atoms with Crippen LogP contribution in [0.25, 0.3) is 11.4 Å². The SMILES string of the molecule is Cc1cc(-c2nnn(C)n2)cc(C)c1OCCCCCc1ccc(C=O)o1. The number of aromatic nitrogens is 4. The van der Waals surface area contributed by atoms with E-state index in [2.05, 4.69) is 15.4 Å². The van der Waals surface area contributed by atoms with Gasteiger partial charge in [0.1, 0.15) is 11.5 Å². The van der Waals surface area contributed by atoms with Crippen molar-refractivity contribution < 1.29 is 13.9 Å². The van der Waals surface area contributed by atoms with E-state index in [9.17, 15) is 4.79 Å². The lowest BCUT2D eigenvalue weighted by atomic mass is 10.1. The molecule has 0 amide bonds. The Bertz CT molecular complexity index is 891. The highest BCUT2D eigenvalue weighted by molar-refractivity contribution is 5.70. The Labute approximate surface area is 158 Å². The number of carbonyl (C=O) groups excluding carboxylic acids is 1. The fraction of sp³-hybridized carbons (Fsp3) is 0.400. The lowest BCUT2D eigenvalue weighted by Crippen LogP contribution is -2.01. The van der Waals surface area contributed by atoms with Crippen LogP contribution in [-0.2, 0) is 13.5 Å². The molecule has 0 aliphatic heterocycles. The van der Waals surface area contributed by atoms with E-state index in [0.717, 1.165) is 60.2 Å². The average molecular weight is 368 g/mol. The summed E-state index contributed by atoms with van der Waals surface area (Å²) in [5.41, 5.74) is 3.07. The maximum absolute atomic E-state index is 10.6. The number of hydrogen-bond donors (Lipinski definition) is 0. The Morgan fingerprint density at radius 2 is 1.93 bits per heavy atom. The number of nitrogens with zero attached hydrogens (tertiary/aromatic N) is 4. The predicted molar refractivity (Wildman–Crippen MR) is 101 cm³/mol. The molecule has 0 saturated carbocycles. The molecule has 0 atom stereocenters. The lowest BCUT2D eigenvalue weighted by molar-refractivity contribution is 0.109. The van der Waals surface area contributed by atoms with Gasteiger partial charge in [0.05, 0.1) is 13.7 Å². The highest BCUT2D eigenvalue weighted by Crippen LogP contribution is 2.28. The summed E-state index contributed by atoms with van der Waals surface area (Å²) in [5, 5.41) is 12.2. The molecular formula is C20H24N4O3. The Balaban J connectivity index is 1.47. The Morgan fingerprint density at radius 1 is 1.15 bits per heavy atom. The van der Waals surface area contributed by atoms with Crippen LogP contribution in [0.1, 0.15) is 46.7 Å². The molecule has 0 saturated heterocycles. The number of unbranched alkanes of at least 4 members (excludes halogenated alkanes) is 2. The number of carbonyl (C=O) groups is 1. The third-order valence-electron chi connectivity index (χ3n) is 4.34. The number of benzene rings is 1. The van der Waals surface area contributed by atoms with E-state index in [4.69, 9.17) is 9.15 Å². The molecule has 27 heavy (non-hydrogen) atoms. The Morgan fingerprint density at radius 3 is 2.56 bits per heavy atom. The molecular weight excluding hydrogens is 344 g/mol. The van der Waals surface area contributed by atoms with Crippen molar-refractivity contribution in [3.05, 3.63) is 46.9 Å². The molecule has 7 heteroatoms. The molecule has 0 unspecified atom stereocenters. The molecule has 3 rings (SSSR count). The maximum atomic E-state index is 10.6. The minimum absolute atomic E-state index is 0.388. The van der Waals surface area contributed by atoms with Crippen LogP contribution in [0.5, 0.6) is 5.75 Å². The van der Waals surface area contributed by atoms with Gasteiger partial charge in [0, 0.05) is 12.0 Å². The smallest absolute Gasteiger partial charge is 0.204 e. The van der Waals surface area contributed by atoms with E-state index in [1.807, 2.05) is 32.0 Å². The van der Waals surface area contributed by atoms with Crippen molar-refractivity contribution >= 4 is 6.29 Å². The summed E-state index contributed by atoms with van der Waals surface area (Å²) in [6, 6.07) is 7.62. The first-order chi connectivity index (χ1) is 13.1. The van der Waals surface area contributed by atoms with Crippen LogP contribution in [0.2, 0.25) is 0 Å². The number of rotatable bonds is 9. The van der Waals surface area contributed by atoms with Crippen LogP contribution in [0.4, 0.5) is 0 Å². The zero-order valence-electron chi connectivity index (χ0n) is 15.9. The minimum Gasteiger partial charge on any atom is -0.493 e. The summed E-state index contributed by atoms with van der Waals surface area (Å²) in [6.07, 6.45) is 4.58. The van der Waals surface area contributed by atoms with Gasteiger partial charge in [-0.2, -0.15) is 4.80 Å². The summed E-state index contributed by atoms with van der Waals surface area (Å²) in [6.45, 7) is 4.73. The molecule has 142 valence electrons. The van der Waals surface area contributed by atoms with Crippen LogP contribution in [0.15, 0.2) is 28.7 Å². The third-order valence-corrected chi connectivity index (χ3v) is 4.34. The summed E-state index contributed by atoms with van der Waals surface area (Å²) in [7, 11) is 1.75. The fourth-order valence-corrected chi connectivity index (χ4v) is 3.05. The lowest BCUT2D eigenvalue weighted by Gasteiger charge is -2.13. The van der Waals surface area contributed by atoms with E-state index in [0.29, 0.717) is 18.2 Å². The molecule has 0 aliphatic rings. The second-order valence-corrected chi connectivity index (χ2v) is 6.62. The molecule has 0 aliphatic carbocycles. The van der Waals surface area contributed by atoms with E-state index in [-0.39, 0.29) is 0 Å². The van der Waals surface area contributed by atoms with Gasteiger partial charge in [-0.05, 0) is 73.7 Å². The van der Waals surface area contributed by atoms with E-state index < -0.39 is 0 Å². The topological polar surface area (TPSA) is 83.0 Å². The second-order valence-electron chi connectivity index (χ2n) is 6.62. The monoisotopic (exact) mass is 368 g/mol. The molecule has 1 aromatic carbocycles. The number of furan rings is 1. The Kier molecular flexibility index (Phi) is 6.01. The van der Waals surface area contributed by atoms with Gasteiger partial charge < -0.3 is 9.15 Å². The normalized spacial score (nSPS) is 10.9. The first-order valence-corrected chi connectivity index (χ1v) is 9.09. The van der Waals surface area contributed by atoms with Gasteiger partial charge in [-0.25, -0.2) is 0 Å². The van der Waals surface area contributed by atoms with Crippen LogP contribution >= 0.6 is 0 Å². The van der Waals surface area contributed by atoms with E-state index in [1.165, 1.54) is 4.80 Å². The highest BCUT2D eigenvalue weighted by Gasteiger charge is 2.11. The van der Waals surface area contributed by atoms with Gasteiger partial charge in [0.25, 0.3) is 0 Å². The second kappa shape index (κ2) is 8.62. The summed E-state index contributed by atoms with van der Waals surface area (Å²) in [4.78, 5) is 12.1. The van der Waals surface area contributed by atoms with Crippen molar-refractivity contribution in [1.82, 2.24) is 20.2 Å². The zero-order chi connectivity index (χ0) is 19.2. The van der Waals surface area contributed by atoms with Crippen LogP contribution in [0.3, 0.4) is 0 Å². The molecule has 7 nitrogen and oxygen atoms in total. The molecule has 2 aromatic heterocycles. The van der Waals surface area contributed by atoms with Gasteiger partial charge in [0.2, 0.25) is 5.82 Å². The summed E-state index contributed by atoms with van der Waals surface area (Å²) >= 11 is 0. The van der Waals surface area contributed by atoms with Crippen molar-refractivity contribution in [3.63, 3.8) is 0 Å². The molecule has 0 spiro atoms. The first-order valence-electron chi connectivity index (χ1n) is 9.09. The minimum atomic E-state index is 0.388. The first kappa shape index (κ1) is 18.8. The van der Waals surface area contributed by atoms with Crippen LogP contribution < -0.4 is 4.74 Å². The molecule has 0 fully saturated rings. The quantitative estimate of drug-likeness (QED) is 0.423. The Hall–Kier alpha value is -2.96. The third kappa shape index (κ3) is 4.81. The van der Waals surface area contributed by atoms with Crippen molar-refractivity contribution in [2.45, 2.75) is 39.5 Å². The maximum Gasteiger partial charge on any atom is 0.204 e. The van der Waals surface area contributed by atoms with Gasteiger partial charge in [-0.15, -0.1) is 10.2 Å². The summed E-state index contributed by atoms with van der Waals surface area (Å²) in [5.74, 6) is 2.78. The largest absolute Gasteiger partial charge is 0.493 e. The van der Waals surface area contributed by atoms with Gasteiger partial charge in [-0.3, -0.25) is 4.79 Å². The van der Waals surface area contributed by atoms with Gasteiger partial charge >= 0.3 is 0 Å². The van der Waals surface area contributed by atoms with Crippen molar-refractivity contribution in [3.8, 4) is 17.1 Å². The van der Waals surface area contributed by atoms with Crippen LogP contribution in [0, 0.1) is 13.8 Å². The highest BCUT2D eigenvalue weighted by atomic mass is 16.5. The standard InChI is InChI=1S/C20H24N4O3/c1-14-11-16(20-21-23-24(3)22-20)12-15(2)19(14)26-10-6-4-5-7-17-8-9-18(13-25)27-17/h8-9,11-13H,4-7,10H2,1-3H3. The van der Waals surface area contributed by atoms with Gasteiger partial charge in [-0.1, -0.05) is 0 Å². The van der Waals surface area contributed by atoms with E-state index >= 15 is 0 Å². The van der Waals surface area contributed by atoms with Crippen molar-refractivity contribution in [2.24, 2.45) is 7.05 Å². The molecule has 0 bridgehead atoms. The summed E-state index contributed by atoms with van der Waals surface area (Å²) < 4.78 is 11.4. The van der Waals surface area contributed by atoms with Gasteiger partial charge in [0.15, 0.2) is 12.0 Å². The number of hydrogen-bond acceptors (Lipinski definition) is 6. The van der Waals surface area contributed by atoms with Crippen molar-refractivity contribution in [1.29, 1.82) is 0 Å². The van der Waals surface area contributed by atoms with E-state index in [1.54, 1.807) is 13.1 Å². The fourth-order valence-electron chi connectivity index (χ4n) is 3.05. The average Bonchev–Trinajstić information content (AvgIpc) is 3.28. The zero-order valence-corrected chi connectivity index (χ0v) is 15.9.